The summed E-state index contributed by atoms with van der Waals surface area (Å²) in [5.74, 6) is 2.00. The first-order chi connectivity index (χ1) is 11.8. The van der Waals surface area contributed by atoms with Gasteiger partial charge in [-0.05, 0) is 37.4 Å². The number of hydrogen-bond donors (Lipinski definition) is 1. The third kappa shape index (κ3) is 3.65. The van der Waals surface area contributed by atoms with Gasteiger partial charge in [-0.1, -0.05) is 13.8 Å². The highest BCUT2D eigenvalue weighted by atomic mass is 16.3. The summed E-state index contributed by atoms with van der Waals surface area (Å²) >= 11 is 0. The van der Waals surface area contributed by atoms with Crippen LogP contribution in [0.15, 0.2) is 51.8 Å². The molecule has 0 amide bonds. The van der Waals surface area contributed by atoms with E-state index in [2.05, 4.69) is 34.0 Å². The summed E-state index contributed by atoms with van der Waals surface area (Å²) in [5, 5.41) is 3.28. The molecule has 0 spiro atoms. The van der Waals surface area contributed by atoms with Crippen LogP contribution in [0.25, 0.3) is 22.8 Å². The van der Waals surface area contributed by atoms with Gasteiger partial charge in [0.25, 0.3) is 0 Å². The Labute approximate surface area is 141 Å². The second-order valence-corrected chi connectivity index (χ2v) is 5.36. The first kappa shape index (κ1) is 16.3. The predicted octanol–water partition coefficient (Wildman–Crippen LogP) is 3.75. The molecule has 3 heterocycles. The monoisotopic (exact) mass is 326 g/mol. The van der Waals surface area contributed by atoms with Crippen LogP contribution in [0, 0.1) is 0 Å². The van der Waals surface area contributed by atoms with Crippen LogP contribution in [-0.2, 0) is 0 Å². The van der Waals surface area contributed by atoms with E-state index in [1.807, 2.05) is 24.3 Å². The largest absolute Gasteiger partial charge is 0.464 e. The molecule has 0 aromatic carbocycles. The Bertz CT molecular complexity index is 734. The Kier molecular flexibility index (Phi) is 5.28. The highest BCUT2D eigenvalue weighted by Gasteiger charge is 2.15. The molecule has 3 aromatic heterocycles. The summed E-state index contributed by atoms with van der Waals surface area (Å²) in [7, 11) is 0. The second kappa shape index (κ2) is 7.79. The van der Waals surface area contributed by atoms with Gasteiger partial charge in [-0.25, -0.2) is 9.97 Å². The molecule has 0 radical (unpaired) electrons. The van der Waals surface area contributed by atoms with Crippen molar-refractivity contribution >= 4 is 5.95 Å². The van der Waals surface area contributed by atoms with Gasteiger partial charge in [0.15, 0.2) is 5.76 Å². The summed E-state index contributed by atoms with van der Waals surface area (Å²) in [6.07, 6.45) is 5.04. The number of rotatable bonds is 8. The van der Waals surface area contributed by atoms with Crippen molar-refractivity contribution in [1.82, 2.24) is 14.9 Å². The minimum atomic E-state index is 0.587. The number of anilines is 1. The normalized spacial score (nSPS) is 11.1. The number of hydrogen-bond acceptors (Lipinski definition) is 6. The molecule has 126 valence electrons. The molecule has 0 aliphatic carbocycles. The Morgan fingerprint density at radius 1 is 1.04 bits per heavy atom. The molecule has 6 nitrogen and oxygen atoms in total. The molecule has 0 saturated heterocycles. The van der Waals surface area contributed by atoms with Gasteiger partial charge >= 0.3 is 0 Å². The number of furan rings is 2. The van der Waals surface area contributed by atoms with Crippen molar-refractivity contribution in [3.63, 3.8) is 0 Å². The summed E-state index contributed by atoms with van der Waals surface area (Å²) < 4.78 is 11.0. The maximum Gasteiger partial charge on any atom is 0.223 e. The highest BCUT2D eigenvalue weighted by Crippen LogP contribution is 2.31. The van der Waals surface area contributed by atoms with E-state index in [1.54, 1.807) is 18.7 Å². The van der Waals surface area contributed by atoms with E-state index in [-0.39, 0.29) is 0 Å². The van der Waals surface area contributed by atoms with Crippen LogP contribution in [0.3, 0.4) is 0 Å². The molecule has 6 heteroatoms. The number of nitrogens with one attached hydrogen (secondary N) is 1. The van der Waals surface area contributed by atoms with E-state index >= 15 is 0 Å². The van der Waals surface area contributed by atoms with Gasteiger partial charge in [0, 0.05) is 19.3 Å². The molecule has 3 rings (SSSR count). The van der Waals surface area contributed by atoms with Crippen molar-refractivity contribution in [2.24, 2.45) is 0 Å². The number of likely N-dealkylation sites (N-methyl/N-ethyl adjacent to an activating group) is 1. The van der Waals surface area contributed by atoms with E-state index in [1.165, 1.54) is 0 Å². The zero-order chi connectivity index (χ0) is 16.8. The first-order valence-corrected chi connectivity index (χ1v) is 8.22. The fourth-order valence-corrected chi connectivity index (χ4v) is 2.55. The van der Waals surface area contributed by atoms with Crippen molar-refractivity contribution in [2.75, 3.05) is 31.5 Å². The minimum Gasteiger partial charge on any atom is -0.464 e. The summed E-state index contributed by atoms with van der Waals surface area (Å²) in [5.41, 5.74) is 1.53. The standard InChI is InChI=1S/C18H22N4O2/c1-3-22(4-2)10-9-19-18-20-13-14(15-7-5-11-23-15)17(21-18)16-8-6-12-24-16/h5-8,11-13H,3-4,9-10H2,1-2H3,(H,19,20,21). The lowest BCUT2D eigenvalue weighted by Gasteiger charge is -2.18. The molecule has 1 N–H and O–H groups in total. The van der Waals surface area contributed by atoms with Crippen molar-refractivity contribution in [1.29, 1.82) is 0 Å². The SMILES string of the molecule is CCN(CC)CCNc1ncc(-c2ccco2)c(-c2ccco2)n1. The van der Waals surface area contributed by atoms with Crippen LogP contribution in [0.5, 0.6) is 0 Å². The summed E-state index contributed by atoms with van der Waals surface area (Å²) in [6.45, 7) is 8.13. The van der Waals surface area contributed by atoms with Gasteiger partial charge in [0.05, 0.1) is 18.1 Å². The first-order valence-electron chi connectivity index (χ1n) is 8.22. The third-order valence-electron chi connectivity index (χ3n) is 3.94. The molecule has 0 saturated carbocycles. The van der Waals surface area contributed by atoms with E-state index < -0.39 is 0 Å². The smallest absolute Gasteiger partial charge is 0.223 e. The third-order valence-corrected chi connectivity index (χ3v) is 3.94. The lowest BCUT2D eigenvalue weighted by Crippen LogP contribution is -2.29. The van der Waals surface area contributed by atoms with Gasteiger partial charge in [0.1, 0.15) is 11.5 Å². The van der Waals surface area contributed by atoms with Gasteiger partial charge in [-0.2, -0.15) is 0 Å². The molecule has 0 unspecified atom stereocenters. The zero-order valence-electron chi connectivity index (χ0n) is 14.0. The van der Waals surface area contributed by atoms with Gasteiger partial charge < -0.3 is 19.1 Å². The number of nitrogens with zero attached hydrogens (tertiary/aromatic N) is 3. The van der Waals surface area contributed by atoms with E-state index in [0.717, 1.165) is 43.2 Å². The molecule has 0 atom stereocenters. The Balaban J connectivity index is 1.81. The second-order valence-electron chi connectivity index (χ2n) is 5.36. The van der Waals surface area contributed by atoms with Crippen molar-refractivity contribution in [3.8, 4) is 22.8 Å². The highest BCUT2D eigenvalue weighted by molar-refractivity contribution is 5.75. The van der Waals surface area contributed by atoms with E-state index in [9.17, 15) is 0 Å². The molecule has 0 aliphatic rings. The van der Waals surface area contributed by atoms with Crippen LogP contribution in [0.1, 0.15) is 13.8 Å². The zero-order valence-corrected chi connectivity index (χ0v) is 14.0. The predicted molar refractivity (Wildman–Crippen MR) is 93.7 cm³/mol. The van der Waals surface area contributed by atoms with Crippen molar-refractivity contribution in [2.45, 2.75) is 13.8 Å². The van der Waals surface area contributed by atoms with Gasteiger partial charge in [0.2, 0.25) is 5.95 Å². The molecule has 3 aromatic rings. The Morgan fingerprint density at radius 2 is 1.75 bits per heavy atom. The molecular formula is C18H22N4O2. The lowest BCUT2D eigenvalue weighted by atomic mass is 10.1. The average Bonchev–Trinajstić information content (AvgIpc) is 3.32. The molecule has 0 fully saturated rings. The van der Waals surface area contributed by atoms with Crippen LogP contribution in [-0.4, -0.2) is 41.0 Å². The van der Waals surface area contributed by atoms with Crippen molar-refractivity contribution < 1.29 is 8.83 Å². The maximum absolute atomic E-state index is 5.52. The Hall–Kier alpha value is -2.60. The topological polar surface area (TPSA) is 67.3 Å². The van der Waals surface area contributed by atoms with Crippen LogP contribution < -0.4 is 5.32 Å². The van der Waals surface area contributed by atoms with Crippen LogP contribution in [0.2, 0.25) is 0 Å². The van der Waals surface area contributed by atoms with E-state index in [0.29, 0.717) is 11.7 Å². The molecule has 0 aliphatic heterocycles. The fourth-order valence-electron chi connectivity index (χ4n) is 2.55. The quantitative estimate of drug-likeness (QED) is 0.680. The molecule has 24 heavy (non-hydrogen) atoms. The maximum atomic E-state index is 5.52. The fraction of sp³-hybridized carbons (Fsp3) is 0.333. The Morgan fingerprint density at radius 3 is 2.38 bits per heavy atom. The van der Waals surface area contributed by atoms with Gasteiger partial charge in [-0.15, -0.1) is 0 Å². The summed E-state index contributed by atoms with van der Waals surface area (Å²) in [4.78, 5) is 11.4. The van der Waals surface area contributed by atoms with Gasteiger partial charge in [-0.3, -0.25) is 0 Å². The summed E-state index contributed by atoms with van der Waals surface area (Å²) in [6, 6.07) is 7.46. The lowest BCUT2D eigenvalue weighted by molar-refractivity contribution is 0.316. The molecular weight excluding hydrogens is 304 g/mol. The minimum absolute atomic E-state index is 0.587. The van der Waals surface area contributed by atoms with Crippen LogP contribution >= 0.6 is 0 Å². The average molecular weight is 326 g/mol. The number of aromatic nitrogens is 2. The van der Waals surface area contributed by atoms with Crippen molar-refractivity contribution in [3.05, 3.63) is 43.0 Å². The molecule has 0 bridgehead atoms. The van der Waals surface area contributed by atoms with Crippen LogP contribution in [0.4, 0.5) is 5.95 Å². The van der Waals surface area contributed by atoms with E-state index in [4.69, 9.17) is 8.83 Å².